The topological polar surface area (TPSA) is 114 Å². The van der Waals surface area contributed by atoms with E-state index in [9.17, 15) is 20.2 Å². The molecule has 0 radical (unpaired) electrons. The van der Waals surface area contributed by atoms with Crippen LogP contribution in [0.4, 0.5) is 11.4 Å². The summed E-state index contributed by atoms with van der Waals surface area (Å²) in [7, 11) is 1.51. The van der Waals surface area contributed by atoms with E-state index >= 15 is 0 Å². The molecule has 0 bridgehead atoms. The van der Waals surface area contributed by atoms with Crippen LogP contribution < -0.4 is 14.8 Å². The van der Waals surface area contributed by atoms with Gasteiger partial charge in [0.2, 0.25) is 0 Å². The van der Waals surface area contributed by atoms with Crippen LogP contribution in [-0.2, 0) is 17.8 Å². The fraction of sp³-hybridized carbons (Fsp3) is 0.154. The van der Waals surface area contributed by atoms with Crippen molar-refractivity contribution in [3.05, 3.63) is 99.1 Å². The Bertz CT molecular complexity index is 1280. The van der Waals surface area contributed by atoms with E-state index in [1.165, 1.54) is 25.3 Å². The molecule has 172 valence electrons. The number of benzene rings is 3. The monoisotopic (exact) mass is 457 g/mol. The van der Waals surface area contributed by atoms with Crippen molar-refractivity contribution in [1.29, 1.82) is 5.26 Å². The van der Waals surface area contributed by atoms with Crippen LogP contribution >= 0.6 is 0 Å². The third-order valence-corrected chi connectivity index (χ3v) is 5.05. The van der Waals surface area contributed by atoms with Crippen LogP contribution in [0.2, 0.25) is 0 Å². The maximum absolute atomic E-state index is 12.8. The fourth-order valence-corrected chi connectivity index (χ4v) is 3.25. The SMILES string of the molecule is CCc1ccccc1NC(=O)/C(C#N)=C/c1ccc(OC)cc1OCc1cccc([N+](=O)[O-])c1. The van der Waals surface area contributed by atoms with E-state index in [1.54, 1.807) is 36.4 Å². The number of nitriles is 1. The molecule has 3 aromatic rings. The highest BCUT2D eigenvalue weighted by atomic mass is 16.6. The zero-order chi connectivity index (χ0) is 24.5. The molecule has 0 aliphatic heterocycles. The quantitative estimate of drug-likeness (QED) is 0.202. The Morgan fingerprint density at radius 2 is 1.94 bits per heavy atom. The molecule has 8 nitrogen and oxygen atoms in total. The molecule has 1 amide bonds. The first-order valence-electron chi connectivity index (χ1n) is 10.5. The van der Waals surface area contributed by atoms with E-state index < -0.39 is 10.8 Å². The van der Waals surface area contributed by atoms with Gasteiger partial charge in [-0.3, -0.25) is 14.9 Å². The molecule has 3 aromatic carbocycles. The first-order valence-corrected chi connectivity index (χ1v) is 10.5. The molecular formula is C26H23N3O5. The second-order valence-electron chi connectivity index (χ2n) is 7.25. The minimum Gasteiger partial charge on any atom is -0.497 e. The summed E-state index contributed by atoms with van der Waals surface area (Å²) in [6.07, 6.45) is 2.17. The third-order valence-electron chi connectivity index (χ3n) is 5.05. The van der Waals surface area contributed by atoms with Crippen LogP contribution in [0.5, 0.6) is 11.5 Å². The third kappa shape index (κ3) is 5.99. The van der Waals surface area contributed by atoms with Gasteiger partial charge in [0.1, 0.15) is 29.7 Å². The highest BCUT2D eigenvalue weighted by Crippen LogP contribution is 2.28. The van der Waals surface area contributed by atoms with Crippen molar-refractivity contribution < 1.29 is 19.2 Å². The summed E-state index contributed by atoms with van der Waals surface area (Å²) in [5.74, 6) is 0.343. The van der Waals surface area contributed by atoms with Crippen LogP contribution in [0.1, 0.15) is 23.6 Å². The highest BCUT2D eigenvalue weighted by molar-refractivity contribution is 6.10. The average Bonchev–Trinajstić information content (AvgIpc) is 2.86. The first-order chi connectivity index (χ1) is 16.4. The number of nitrogens with zero attached hydrogens (tertiary/aromatic N) is 2. The Kier molecular flexibility index (Phi) is 7.97. The number of methoxy groups -OCH3 is 1. The van der Waals surface area contributed by atoms with Gasteiger partial charge in [-0.2, -0.15) is 5.26 Å². The van der Waals surface area contributed by atoms with E-state index in [0.29, 0.717) is 28.3 Å². The molecule has 0 saturated heterocycles. The molecule has 0 aliphatic rings. The lowest BCUT2D eigenvalue weighted by Crippen LogP contribution is -2.14. The summed E-state index contributed by atoms with van der Waals surface area (Å²) in [5.41, 5.74) is 2.55. The maximum Gasteiger partial charge on any atom is 0.269 e. The van der Waals surface area contributed by atoms with Crippen LogP contribution in [0.25, 0.3) is 6.08 Å². The van der Waals surface area contributed by atoms with Crippen LogP contribution in [0.3, 0.4) is 0 Å². The predicted octanol–water partition coefficient (Wildman–Crippen LogP) is 5.29. The van der Waals surface area contributed by atoms with Gasteiger partial charge in [0.25, 0.3) is 11.6 Å². The lowest BCUT2D eigenvalue weighted by molar-refractivity contribution is -0.384. The van der Waals surface area contributed by atoms with Gasteiger partial charge in [-0.05, 0) is 41.8 Å². The van der Waals surface area contributed by atoms with Gasteiger partial charge in [0, 0.05) is 29.4 Å². The molecular weight excluding hydrogens is 434 g/mol. The minimum absolute atomic E-state index is 0.0392. The summed E-state index contributed by atoms with van der Waals surface area (Å²) in [6.45, 7) is 2.03. The summed E-state index contributed by atoms with van der Waals surface area (Å²) in [5, 5.41) is 23.5. The van der Waals surface area contributed by atoms with Crippen LogP contribution in [0.15, 0.2) is 72.3 Å². The van der Waals surface area contributed by atoms with Crippen LogP contribution in [0, 0.1) is 21.4 Å². The minimum atomic E-state index is -0.538. The Labute approximate surface area is 197 Å². The van der Waals surface area contributed by atoms with E-state index in [-0.39, 0.29) is 17.9 Å². The van der Waals surface area contributed by atoms with Crippen molar-refractivity contribution >= 4 is 23.4 Å². The molecule has 0 spiro atoms. The number of non-ortho nitro benzene ring substituents is 1. The second kappa shape index (κ2) is 11.3. The molecule has 0 saturated carbocycles. The number of hydrogen-bond acceptors (Lipinski definition) is 6. The number of aryl methyl sites for hydroxylation is 1. The van der Waals surface area contributed by atoms with Gasteiger partial charge >= 0.3 is 0 Å². The second-order valence-corrected chi connectivity index (χ2v) is 7.25. The normalized spacial score (nSPS) is 10.8. The molecule has 34 heavy (non-hydrogen) atoms. The van der Waals surface area contributed by atoms with Gasteiger partial charge in [-0.25, -0.2) is 0 Å². The Balaban J connectivity index is 1.87. The molecule has 1 N–H and O–H groups in total. The van der Waals surface area contributed by atoms with Gasteiger partial charge in [-0.15, -0.1) is 0 Å². The predicted molar refractivity (Wildman–Crippen MR) is 128 cm³/mol. The lowest BCUT2D eigenvalue weighted by Gasteiger charge is -2.12. The largest absolute Gasteiger partial charge is 0.497 e. The van der Waals surface area contributed by atoms with Crippen molar-refractivity contribution in [2.24, 2.45) is 0 Å². The van der Waals surface area contributed by atoms with Crippen LogP contribution in [-0.4, -0.2) is 17.9 Å². The Morgan fingerprint density at radius 3 is 2.65 bits per heavy atom. The number of nitro groups is 1. The number of amides is 1. The van der Waals surface area contributed by atoms with E-state index in [4.69, 9.17) is 9.47 Å². The fourth-order valence-electron chi connectivity index (χ4n) is 3.25. The Hall–Kier alpha value is -4.64. The van der Waals surface area contributed by atoms with Gasteiger partial charge < -0.3 is 14.8 Å². The molecule has 0 unspecified atom stereocenters. The number of carbonyl (C=O) groups excluding carboxylic acids is 1. The number of anilines is 1. The summed E-state index contributed by atoms with van der Waals surface area (Å²) >= 11 is 0. The van der Waals surface area contributed by atoms with Gasteiger partial charge in [0.15, 0.2) is 0 Å². The van der Waals surface area contributed by atoms with Gasteiger partial charge in [-0.1, -0.05) is 37.3 Å². The first kappa shape index (κ1) is 24.0. The number of hydrogen-bond donors (Lipinski definition) is 1. The number of nitro benzene ring substituents is 1. The number of para-hydroxylation sites is 1. The standard InChI is InChI=1S/C26H23N3O5/c1-3-19-8-4-5-10-24(19)28-26(30)21(16-27)14-20-11-12-23(33-2)15-25(20)34-17-18-7-6-9-22(13-18)29(31)32/h4-15H,3,17H2,1-2H3,(H,28,30)/b21-14+. The summed E-state index contributed by atoms with van der Waals surface area (Å²) in [4.78, 5) is 23.4. The van der Waals surface area contributed by atoms with Crippen molar-refractivity contribution in [2.75, 3.05) is 12.4 Å². The molecule has 0 fully saturated rings. The summed E-state index contributed by atoms with van der Waals surface area (Å²) < 4.78 is 11.2. The van der Waals surface area contributed by atoms with E-state index in [1.807, 2.05) is 31.2 Å². The number of carbonyl (C=O) groups is 1. The van der Waals surface area contributed by atoms with Gasteiger partial charge in [0.05, 0.1) is 12.0 Å². The van der Waals surface area contributed by atoms with Crippen molar-refractivity contribution in [3.63, 3.8) is 0 Å². The lowest BCUT2D eigenvalue weighted by atomic mass is 10.1. The maximum atomic E-state index is 12.8. The van der Waals surface area contributed by atoms with Crippen molar-refractivity contribution in [1.82, 2.24) is 0 Å². The smallest absolute Gasteiger partial charge is 0.269 e. The Morgan fingerprint density at radius 1 is 1.15 bits per heavy atom. The molecule has 8 heteroatoms. The molecule has 0 heterocycles. The highest BCUT2D eigenvalue weighted by Gasteiger charge is 2.14. The van der Waals surface area contributed by atoms with E-state index in [0.717, 1.165) is 12.0 Å². The zero-order valence-corrected chi connectivity index (χ0v) is 18.8. The number of ether oxygens (including phenoxy) is 2. The van der Waals surface area contributed by atoms with Crippen molar-refractivity contribution in [2.45, 2.75) is 20.0 Å². The molecule has 0 aliphatic carbocycles. The molecule has 0 aromatic heterocycles. The average molecular weight is 457 g/mol. The number of rotatable bonds is 9. The molecule has 3 rings (SSSR count). The molecule has 0 atom stereocenters. The number of nitrogens with one attached hydrogen (secondary N) is 1. The zero-order valence-electron chi connectivity index (χ0n) is 18.8. The summed E-state index contributed by atoms with van der Waals surface area (Å²) in [6, 6.07) is 20.4. The van der Waals surface area contributed by atoms with Crippen molar-refractivity contribution in [3.8, 4) is 17.6 Å². The van der Waals surface area contributed by atoms with E-state index in [2.05, 4.69) is 5.32 Å².